The molecule has 3 heteroatoms. The van der Waals surface area contributed by atoms with E-state index in [0.29, 0.717) is 0 Å². The zero-order valence-electron chi connectivity index (χ0n) is 11.7. The highest BCUT2D eigenvalue weighted by Gasteiger charge is 2.08. The molecule has 0 heterocycles. The van der Waals surface area contributed by atoms with E-state index in [-0.39, 0.29) is 17.0 Å². The summed E-state index contributed by atoms with van der Waals surface area (Å²) in [5.41, 5.74) is 1.34. The molecule has 0 bridgehead atoms. The van der Waals surface area contributed by atoms with Gasteiger partial charge in [-0.1, -0.05) is 18.2 Å². The van der Waals surface area contributed by atoms with Crippen LogP contribution >= 0.6 is 0 Å². The molecule has 0 aliphatic heterocycles. The van der Waals surface area contributed by atoms with Crippen molar-refractivity contribution in [1.82, 2.24) is 5.32 Å². The van der Waals surface area contributed by atoms with Gasteiger partial charge in [-0.3, -0.25) is 0 Å². The van der Waals surface area contributed by atoms with E-state index >= 15 is 0 Å². The van der Waals surface area contributed by atoms with E-state index in [1.807, 2.05) is 6.07 Å². The highest BCUT2D eigenvalue weighted by atomic mass is 16.3. The molecule has 0 fully saturated rings. The molecule has 102 valence electrons. The Morgan fingerprint density at radius 1 is 0.947 bits per heavy atom. The molecule has 0 aliphatic rings. The summed E-state index contributed by atoms with van der Waals surface area (Å²) in [6.07, 6.45) is 0.939. The van der Waals surface area contributed by atoms with Gasteiger partial charge in [0.1, 0.15) is 0 Å². The van der Waals surface area contributed by atoms with Crippen molar-refractivity contribution >= 4 is 10.8 Å². The van der Waals surface area contributed by atoms with Crippen molar-refractivity contribution in [3.05, 3.63) is 35.9 Å². The van der Waals surface area contributed by atoms with Crippen molar-refractivity contribution in [3.8, 4) is 11.5 Å². The van der Waals surface area contributed by atoms with Crippen molar-refractivity contribution in [3.63, 3.8) is 0 Å². The molecule has 0 saturated heterocycles. The number of rotatable bonds is 3. The third-order valence-electron chi connectivity index (χ3n) is 3.07. The van der Waals surface area contributed by atoms with Crippen molar-refractivity contribution in [2.24, 2.45) is 0 Å². The maximum Gasteiger partial charge on any atom is 0.158 e. The summed E-state index contributed by atoms with van der Waals surface area (Å²) >= 11 is 0. The summed E-state index contributed by atoms with van der Waals surface area (Å²) in [7, 11) is 0. The van der Waals surface area contributed by atoms with Gasteiger partial charge in [0.2, 0.25) is 0 Å². The van der Waals surface area contributed by atoms with Crippen LogP contribution in [-0.4, -0.2) is 22.3 Å². The minimum absolute atomic E-state index is 0.0718. The lowest BCUT2D eigenvalue weighted by Gasteiger charge is -2.20. The molecular weight excluding hydrogens is 238 g/mol. The van der Waals surface area contributed by atoms with Gasteiger partial charge in [-0.05, 0) is 62.2 Å². The second-order valence-corrected chi connectivity index (χ2v) is 5.95. The van der Waals surface area contributed by atoms with Gasteiger partial charge >= 0.3 is 0 Å². The molecule has 0 saturated carbocycles. The fraction of sp³-hybridized carbons (Fsp3) is 0.375. The molecular formula is C16H21NO2. The first-order valence-corrected chi connectivity index (χ1v) is 6.55. The highest BCUT2D eigenvalue weighted by molar-refractivity contribution is 5.86. The van der Waals surface area contributed by atoms with Crippen LogP contribution in [-0.2, 0) is 6.42 Å². The first-order valence-electron chi connectivity index (χ1n) is 6.55. The molecule has 2 aromatic rings. The van der Waals surface area contributed by atoms with E-state index in [1.165, 1.54) is 5.56 Å². The maximum absolute atomic E-state index is 9.53. The van der Waals surface area contributed by atoms with E-state index in [9.17, 15) is 10.2 Å². The molecule has 3 nitrogen and oxygen atoms in total. The molecule has 0 amide bonds. The SMILES string of the molecule is CC(C)(C)NCCc1ccc2cc(O)c(O)cc2c1. The van der Waals surface area contributed by atoms with Crippen molar-refractivity contribution in [2.45, 2.75) is 32.7 Å². The number of hydrogen-bond acceptors (Lipinski definition) is 3. The number of hydrogen-bond donors (Lipinski definition) is 3. The standard InChI is InChI=1S/C16H21NO2/c1-16(2,3)17-7-6-11-4-5-12-9-14(18)15(19)10-13(12)8-11/h4-5,8-10,17-19H,6-7H2,1-3H3. The Hall–Kier alpha value is -1.74. The first kappa shape index (κ1) is 13.7. The lowest BCUT2D eigenvalue weighted by atomic mass is 10.0. The lowest BCUT2D eigenvalue weighted by Crippen LogP contribution is -2.37. The van der Waals surface area contributed by atoms with Gasteiger partial charge in [-0.25, -0.2) is 0 Å². The largest absolute Gasteiger partial charge is 0.504 e. The van der Waals surface area contributed by atoms with Crippen LogP contribution in [0.2, 0.25) is 0 Å². The Labute approximate surface area is 113 Å². The van der Waals surface area contributed by atoms with E-state index in [0.717, 1.165) is 23.7 Å². The number of aromatic hydroxyl groups is 2. The van der Waals surface area contributed by atoms with Gasteiger partial charge in [-0.15, -0.1) is 0 Å². The fourth-order valence-corrected chi connectivity index (χ4v) is 2.06. The Morgan fingerprint density at radius 3 is 2.21 bits per heavy atom. The Bertz CT molecular complexity index is 585. The molecule has 0 atom stereocenters. The summed E-state index contributed by atoms with van der Waals surface area (Å²) in [4.78, 5) is 0. The average molecular weight is 259 g/mol. The lowest BCUT2D eigenvalue weighted by molar-refractivity contribution is 0.405. The number of phenolic OH excluding ortho intramolecular Hbond substituents is 2. The number of phenols is 2. The smallest absolute Gasteiger partial charge is 0.158 e. The fourth-order valence-electron chi connectivity index (χ4n) is 2.06. The van der Waals surface area contributed by atoms with Crippen molar-refractivity contribution < 1.29 is 10.2 Å². The molecule has 2 aromatic carbocycles. The zero-order valence-corrected chi connectivity index (χ0v) is 11.7. The van der Waals surface area contributed by atoms with Crippen LogP contribution in [0.1, 0.15) is 26.3 Å². The molecule has 3 N–H and O–H groups in total. The molecule has 2 rings (SSSR count). The second-order valence-electron chi connectivity index (χ2n) is 5.95. The predicted octanol–water partition coefficient (Wildman–Crippen LogP) is 3.18. The van der Waals surface area contributed by atoms with Gasteiger partial charge in [0.05, 0.1) is 0 Å². The molecule has 0 spiro atoms. The van der Waals surface area contributed by atoms with E-state index in [4.69, 9.17) is 0 Å². The van der Waals surface area contributed by atoms with Gasteiger partial charge in [-0.2, -0.15) is 0 Å². The molecule has 0 aliphatic carbocycles. The third-order valence-corrected chi connectivity index (χ3v) is 3.07. The molecule has 0 unspecified atom stereocenters. The highest BCUT2D eigenvalue weighted by Crippen LogP contribution is 2.30. The van der Waals surface area contributed by atoms with Crippen LogP contribution < -0.4 is 5.32 Å². The summed E-state index contributed by atoms with van der Waals surface area (Å²) in [5, 5.41) is 24.3. The van der Waals surface area contributed by atoms with Crippen LogP contribution in [0.3, 0.4) is 0 Å². The number of fused-ring (bicyclic) bond motifs is 1. The minimum Gasteiger partial charge on any atom is -0.504 e. The number of benzene rings is 2. The summed E-state index contributed by atoms with van der Waals surface area (Å²) in [6, 6.07) is 9.27. The Kier molecular flexibility index (Phi) is 3.67. The van der Waals surface area contributed by atoms with Crippen LogP contribution in [0.5, 0.6) is 11.5 Å². The third kappa shape index (κ3) is 3.61. The first-order chi connectivity index (χ1) is 8.85. The number of nitrogens with one attached hydrogen (secondary N) is 1. The quantitative estimate of drug-likeness (QED) is 0.742. The minimum atomic E-state index is -0.0744. The molecule has 0 radical (unpaired) electrons. The van der Waals surface area contributed by atoms with Crippen LogP contribution in [0, 0.1) is 0 Å². The van der Waals surface area contributed by atoms with Gasteiger partial charge < -0.3 is 15.5 Å². The topological polar surface area (TPSA) is 52.5 Å². The van der Waals surface area contributed by atoms with Crippen LogP contribution in [0.15, 0.2) is 30.3 Å². The van der Waals surface area contributed by atoms with Crippen molar-refractivity contribution in [2.75, 3.05) is 6.54 Å². The Balaban J connectivity index is 2.15. The Morgan fingerprint density at radius 2 is 1.58 bits per heavy atom. The zero-order chi connectivity index (χ0) is 14.0. The van der Waals surface area contributed by atoms with E-state index < -0.39 is 0 Å². The van der Waals surface area contributed by atoms with Gasteiger partial charge in [0, 0.05) is 5.54 Å². The molecule has 19 heavy (non-hydrogen) atoms. The van der Waals surface area contributed by atoms with Crippen LogP contribution in [0.25, 0.3) is 10.8 Å². The van der Waals surface area contributed by atoms with E-state index in [2.05, 4.69) is 38.2 Å². The van der Waals surface area contributed by atoms with Gasteiger partial charge in [0.15, 0.2) is 11.5 Å². The second kappa shape index (κ2) is 5.10. The van der Waals surface area contributed by atoms with Crippen LogP contribution in [0.4, 0.5) is 0 Å². The normalized spacial score (nSPS) is 11.9. The average Bonchev–Trinajstić information content (AvgIpc) is 2.29. The summed E-state index contributed by atoms with van der Waals surface area (Å²) in [5.74, 6) is -0.146. The van der Waals surface area contributed by atoms with Crippen molar-refractivity contribution in [1.29, 1.82) is 0 Å². The molecule has 0 aromatic heterocycles. The summed E-state index contributed by atoms with van der Waals surface area (Å²) < 4.78 is 0. The summed E-state index contributed by atoms with van der Waals surface area (Å²) in [6.45, 7) is 7.36. The predicted molar refractivity (Wildman–Crippen MR) is 78.7 cm³/mol. The maximum atomic E-state index is 9.53. The van der Waals surface area contributed by atoms with Gasteiger partial charge in [0.25, 0.3) is 0 Å². The monoisotopic (exact) mass is 259 g/mol. The van der Waals surface area contributed by atoms with E-state index in [1.54, 1.807) is 12.1 Å².